The van der Waals surface area contributed by atoms with E-state index >= 15 is 0 Å². The minimum absolute atomic E-state index is 0.398. The Bertz CT molecular complexity index is 1840. The molecule has 0 bridgehead atoms. The molecule has 6 atom stereocenters. The highest BCUT2D eigenvalue weighted by Crippen LogP contribution is 2.60. The van der Waals surface area contributed by atoms with Crippen LogP contribution in [0.1, 0.15) is 37.1 Å². The molecular weight excluding hydrogens is 679 g/mol. The number of hydrazine groups is 1. The Kier molecular flexibility index (Phi) is 8.14. The van der Waals surface area contributed by atoms with Crippen molar-refractivity contribution in [2.45, 2.75) is 38.0 Å². The fourth-order valence-electron chi connectivity index (χ4n) is 8.04. The van der Waals surface area contributed by atoms with Gasteiger partial charge in [0.2, 0.25) is 11.8 Å². The standard InChI is InChI=1S/C38H32Cl2N4O6/c1-3-49-27-17-13-25(14-18-27)41-35(45)29-31(21-5-9-23(39)10-6-21)44-34-30(32(43(44)33(29)37(41)47)22-7-11-24(40)12-8-22)36(46)42(38(34)48)26-15-19-28(20-16-26)50-4-2/h5-20,29-34H,3-4H2,1-2H3/t29-,30-,31-,32+,33+,34+/m0/s1. The van der Waals surface area contributed by atoms with E-state index in [9.17, 15) is 19.2 Å². The number of carbonyl (C=O) groups is 4. The van der Waals surface area contributed by atoms with Gasteiger partial charge >= 0.3 is 0 Å². The van der Waals surface area contributed by atoms with Crippen molar-refractivity contribution in [1.29, 1.82) is 0 Å². The molecule has 50 heavy (non-hydrogen) atoms. The molecule has 4 heterocycles. The Morgan fingerprint density at radius 1 is 0.480 bits per heavy atom. The molecule has 12 heteroatoms. The van der Waals surface area contributed by atoms with Crippen LogP contribution in [0.3, 0.4) is 0 Å². The quantitative estimate of drug-likeness (QED) is 0.198. The molecule has 0 aliphatic carbocycles. The third-order valence-corrected chi connectivity index (χ3v) is 10.5. The Morgan fingerprint density at radius 3 is 1.14 bits per heavy atom. The van der Waals surface area contributed by atoms with Gasteiger partial charge in [0.15, 0.2) is 0 Å². The Morgan fingerprint density at radius 2 is 0.820 bits per heavy atom. The molecule has 4 saturated heterocycles. The molecule has 10 nitrogen and oxygen atoms in total. The number of hydrogen-bond acceptors (Lipinski definition) is 8. The normalized spacial score (nSPS) is 26.1. The first-order valence-corrected chi connectivity index (χ1v) is 17.3. The second kappa shape index (κ2) is 12.5. The van der Waals surface area contributed by atoms with Crippen LogP contribution >= 0.6 is 23.2 Å². The second-order valence-corrected chi connectivity index (χ2v) is 13.4. The van der Waals surface area contributed by atoms with E-state index in [1.165, 1.54) is 9.80 Å². The molecule has 0 spiro atoms. The lowest BCUT2D eigenvalue weighted by Crippen LogP contribution is -2.50. The molecule has 0 unspecified atom stereocenters. The summed E-state index contributed by atoms with van der Waals surface area (Å²) in [5.41, 5.74) is 2.21. The van der Waals surface area contributed by atoms with Crippen LogP contribution < -0.4 is 19.3 Å². The van der Waals surface area contributed by atoms with Crippen molar-refractivity contribution < 1.29 is 28.7 Å². The van der Waals surface area contributed by atoms with Crippen LogP contribution in [0.4, 0.5) is 11.4 Å². The summed E-state index contributed by atoms with van der Waals surface area (Å²) in [7, 11) is 0. The van der Waals surface area contributed by atoms with Crippen molar-refractivity contribution in [3.63, 3.8) is 0 Å². The van der Waals surface area contributed by atoms with Gasteiger partial charge in [-0.3, -0.25) is 19.2 Å². The van der Waals surface area contributed by atoms with E-state index in [4.69, 9.17) is 32.7 Å². The first-order valence-electron chi connectivity index (χ1n) is 16.5. The number of carbonyl (C=O) groups excluding carboxylic acids is 4. The van der Waals surface area contributed by atoms with Gasteiger partial charge in [-0.1, -0.05) is 47.5 Å². The minimum Gasteiger partial charge on any atom is -0.494 e. The van der Waals surface area contributed by atoms with Crippen molar-refractivity contribution in [2.24, 2.45) is 11.8 Å². The molecule has 4 aromatic rings. The van der Waals surface area contributed by atoms with Crippen LogP contribution in [0, 0.1) is 11.8 Å². The zero-order chi connectivity index (χ0) is 34.8. The summed E-state index contributed by atoms with van der Waals surface area (Å²) in [5, 5.41) is 4.64. The number of rotatable bonds is 8. The SMILES string of the molecule is CCOc1ccc(N2C(=O)[C@@H]3[C@H](C2=O)N2[C@H](c4ccc(Cl)cc4)[C@@H]4C(=O)N(c5ccc(OCC)cc5)C(=O)[C@@H]4N2[C@H]3c2ccc(Cl)cc2)cc1. The monoisotopic (exact) mass is 710 g/mol. The molecule has 4 fully saturated rings. The van der Waals surface area contributed by atoms with E-state index in [0.29, 0.717) is 57.3 Å². The molecule has 4 aromatic carbocycles. The van der Waals surface area contributed by atoms with E-state index in [2.05, 4.69) is 0 Å². The third kappa shape index (κ3) is 4.92. The molecule has 0 N–H and O–H groups in total. The van der Waals surface area contributed by atoms with E-state index in [1.807, 2.05) is 23.9 Å². The summed E-state index contributed by atoms with van der Waals surface area (Å²) < 4.78 is 11.2. The van der Waals surface area contributed by atoms with Crippen molar-refractivity contribution in [3.05, 3.63) is 118 Å². The number of amides is 4. The van der Waals surface area contributed by atoms with Gasteiger partial charge in [0.25, 0.3) is 11.8 Å². The largest absolute Gasteiger partial charge is 0.494 e. The predicted octanol–water partition coefficient (Wildman–Crippen LogP) is 6.24. The minimum atomic E-state index is -0.999. The highest BCUT2D eigenvalue weighted by Gasteiger charge is 2.73. The molecule has 8 rings (SSSR count). The highest BCUT2D eigenvalue weighted by molar-refractivity contribution is 6.31. The number of hydrogen-bond donors (Lipinski definition) is 0. The number of fused-ring (bicyclic) bond motifs is 5. The van der Waals surface area contributed by atoms with Crippen molar-refractivity contribution in [2.75, 3.05) is 23.0 Å². The average molecular weight is 712 g/mol. The number of anilines is 2. The van der Waals surface area contributed by atoms with Gasteiger partial charge in [-0.05, 0) is 97.8 Å². The fraction of sp³-hybridized carbons (Fsp3) is 0.263. The van der Waals surface area contributed by atoms with Crippen LogP contribution in [0.15, 0.2) is 97.1 Å². The molecule has 4 amide bonds. The first kappa shape index (κ1) is 32.5. The van der Waals surface area contributed by atoms with Gasteiger partial charge in [-0.25, -0.2) is 19.8 Å². The summed E-state index contributed by atoms with van der Waals surface area (Å²) in [6.45, 7) is 4.70. The summed E-state index contributed by atoms with van der Waals surface area (Å²) in [6, 6.07) is 24.2. The molecule has 254 valence electrons. The number of halogens is 2. The van der Waals surface area contributed by atoms with Gasteiger partial charge in [0.05, 0.1) is 48.5 Å². The lowest BCUT2D eigenvalue weighted by molar-refractivity contribution is -0.136. The third-order valence-electron chi connectivity index (χ3n) is 9.96. The van der Waals surface area contributed by atoms with E-state index in [0.717, 1.165) is 0 Å². The Hall–Kier alpha value is -4.74. The van der Waals surface area contributed by atoms with E-state index in [1.54, 1.807) is 97.1 Å². The smallest absolute Gasteiger partial charge is 0.253 e. The van der Waals surface area contributed by atoms with Crippen molar-refractivity contribution in [3.8, 4) is 11.5 Å². The molecule has 4 aliphatic rings. The van der Waals surface area contributed by atoms with Crippen LogP contribution in [-0.2, 0) is 19.2 Å². The van der Waals surface area contributed by atoms with Gasteiger partial charge in [0, 0.05) is 10.0 Å². The number of nitrogens with zero attached hydrogens (tertiary/aromatic N) is 4. The number of benzene rings is 4. The summed E-state index contributed by atoms with van der Waals surface area (Å²) in [6.07, 6.45) is 0. The topological polar surface area (TPSA) is 99.7 Å². The first-order chi connectivity index (χ1) is 24.2. The maximum Gasteiger partial charge on any atom is 0.253 e. The zero-order valence-electron chi connectivity index (χ0n) is 27.1. The van der Waals surface area contributed by atoms with Crippen LogP contribution in [-0.4, -0.2) is 58.9 Å². The number of imide groups is 2. The van der Waals surface area contributed by atoms with E-state index in [-0.39, 0.29) is 0 Å². The average Bonchev–Trinajstić information content (AvgIpc) is 3.78. The molecule has 0 saturated carbocycles. The summed E-state index contributed by atoms with van der Waals surface area (Å²) in [4.78, 5) is 60.9. The number of ether oxygens (including phenoxy) is 2. The summed E-state index contributed by atoms with van der Waals surface area (Å²) >= 11 is 12.6. The maximum absolute atomic E-state index is 14.6. The van der Waals surface area contributed by atoms with E-state index < -0.39 is 59.6 Å². The summed E-state index contributed by atoms with van der Waals surface area (Å²) in [5.74, 6) is -2.23. The molecule has 0 radical (unpaired) electrons. The van der Waals surface area contributed by atoms with Crippen LogP contribution in [0.5, 0.6) is 11.5 Å². The predicted molar refractivity (Wildman–Crippen MR) is 187 cm³/mol. The Labute approximate surface area is 298 Å². The lowest BCUT2D eigenvalue weighted by Gasteiger charge is -2.35. The van der Waals surface area contributed by atoms with Crippen molar-refractivity contribution >= 4 is 58.2 Å². The molecule has 4 aliphatic heterocycles. The van der Waals surface area contributed by atoms with Crippen molar-refractivity contribution in [1.82, 2.24) is 10.0 Å². The van der Waals surface area contributed by atoms with Gasteiger partial charge < -0.3 is 9.47 Å². The van der Waals surface area contributed by atoms with Crippen LogP contribution in [0.25, 0.3) is 0 Å². The van der Waals surface area contributed by atoms with Gasteiger partial charge in [0.1, 0.15) is 23.6 Å². The lowest BCUT2D eigenvalue weighted by atomic mass is 9.84. The second-order valence-electron chi connectivity index (χ2n) is 12.6. The fourth-order valence-corrected chi connectivity index (χ4v) is 8.29. The molecule has 0 aromatic heterocycles. The van der Waals surface area contributed by atoms with Gasteiger partial charge in [-0.2, -0.15) is 0 Å². The Balaban J connectivity index is 1.28. The maximum atomic E-state index is 14.6. The zero-order valence-corrected chi connectivity index (χ0v) is 28.6. The van der Waals surface area contributed by atoms with Gasteiger partial charge in [-0.15, -0.1) is 0 Å². The van der Waals surface area contributed by atoms with Crippen LogP contribution in [0.2, 0.25) is 10.0 Å². The molecular formula is C38H32Cl2N4O6. The highest BCUT2D eigenvalue weighted by atomic mass is 35.5.